The van der Waals surface area contributed by atoms with Crippen molar-refractivity contribution < 1.29 is 4.92 Å². The standard InChI is InChI=1S/C14H9N5O2/c15-8-7-14-17-11-3-1-2-4-12(11)18(14)13-6-5-10(9-16-13)19(20)21/h1-6,9H,7H2. The van der Waals surface area contributed by atoms with Crippen molar-refractivity contribution >= 4 is 16.7 Å². The molecule has 21 heavy (non-hydrogen) atoms. The van der Waals surface area contributed by atoms with E-state index in [1.165, 1.54) is 12.3 Å². The second kappa shape index (κ2) is 5.02. The van der Waals surface area contributed by atoms with E-state index in [0.717, 1.165) is 11.0 Å². The van der Waals surface area contributed by atoms with Crippen LogP contribution in [0.4, 0.5) is 5.69 Å². The van der Waals surface area contributed by atoms with Crippen molar-refractivity contribution in [2.45, 2.75) is 6.42 Å². The van der Waals surface area contributed by atoms with Crippen molar-refractivity contribution in [3.8, 4) is 11.9 Å². The molecule has 0 radical (unpaired) electrons. The summed E-state index contributed by atoms with van der Waals surface area (Å²) in [6.45, 7) is 0. The van der Waals surface area contributed by atoms with Crippen LogP contribution in [0.25, 0.3) is 16.9 Å². The predicted octanol–water partition coefficient (Wildman–Crippen LogP) is 2.39. The molecule has 0 fully saturated rings. The van der Waals surface area contributed by atoms with Gasteiger partial charge in [-0.25, -0.2) is 9.97 Å². The Bertz CT molecular complexity index is 861. The molecule has 1 aromatic carbocycles. The number of nitriles is 1. The number of rotatable bonds is 3. The fraction of sp³-hybridized carbons (Fsp3) is 0.0714. The highest BCUT2D eigenvalue weighted by atomic mass is 16.6. The predicted molar refractivity (Wildman–Crippen MR) is 74.8 cm³/mol. The molecule has 0 saturated heterocycles. The number of nitro groups is 1. The third kappa shape index (κ3) is 2.19. The third-order valence-electron chi connectivity index (χ3n) is 3.04. The fourth-order valence-electron chi connectivity index (χ4n) is 2.14. The van der Waals surface area contributed by atoms with Gasteiger partial charge in [-0.15, -0.1) is 0 Å². The lowest BCUT2D eigenvalue weighted by atomic mass is 10.3. The number of benzene rings is 1. The van der Waals surface area contributed by atoms with Crippen LogP contribution < -0.4 is 0 Å². The van der Waals surface area contributed by atoms with Gasteiger partial charge in [-0.05, 0) is 18.2 Å². The number of para-hydroxylation sites is 2. The van der Waals surface area contributed by atoms with E-state index in [9.17, 15) is 10.1 Å². The summed E-state index contributed by atoms with van der Waals surface area (Å²) in [5.41, 5.74) is 1.48. The minimum absolute atomic E-state index is 0.0787. The van der Waals surface area contributed by atoms with Crippen molar-refractivity contribution in [3.05, 3.63) is 58.5 Å². The lowest BCUT2D eigenvalue weighted by Gasteiger charge is -2.05. The summed E-state index contributed by atoms with van der Waals surface area (Å²) in [5.74, 6) is 1.06. The number of pyridine rings is 1. The molecule has 0 aliphatic heterocycles. The van der Waals surface area contributed by atoms with Crippen LogP contribution in [0.1, 0.15) is 5.82 Å². The van der Waals surface area contributed by atoms with E-state index in [2.05, 4.69) is 16.0 Å². The van der Waals surface area contributed by atoms with Crippen LogP contribution >= 0.6 is 0 Å². The van der Waals surface area contributed by atoms with E-state index >= 15 is 0 Å². The van der Waals surface area contributed by atoms with Gasteiger partial charge in [0.1, 0.15) is 17.8 Å². The Morgan fingerprint density at radius 2 is 2.10 bits per heavy atom. The van der Waals surface area contributed by atoms with E-state index in [1.807, 2.05) is 24.3 Å². The van der Waals surface area contributed by atoms with Crippen molar-refractivity contribution in [2.24, 2.45) is 0 Å². The fourth-order valence-corrected chi connectivity index (χ4v) is 2.14. The van der Waals surface area contributed by atoms with Crippen LogP contribution in [0.3, 0.4) is 0 Å². The number of aromatic nitrogens is 3. The van der Waals surface area contributed by atoms with Gasteiger partial charge in [-0.3, -0.25) is 14.7 Å². The monoisotopic (exact) mass is 279 g/mol. The zero-order valence-corrected chi connectivity index (χ0v) is 10.8. The molecule has 0 amide bonds. The minimum atomic E-state index is -0.501. The van der Waals surface area contributed by atoms with Crippen LogP contribution in [0.15, 0.2) is 42.6 Å². The lowest BCUT2D eigenvalue weighted by Crippen LogP contribution is -2.03. The molecule has 0 aliphatic rings. The van der Waals surface area contributed by atoms with Gasteiger partial charge in [-0.2, -0.15) is 5.26 Å². The summed E-state index contributed by atoms with van der Waals surface area (Å²) in [7, 11) is 0. The Morgan fingerprint density at radius 1 is 1.29 bits per heavy atom. The molecule has 7 heteroatoms. The second-order valence-corrected chi connectivity index (χ2v) is 4.32. The Labute approximate surface area is 119 Å². The molecule has 7 nitrogen and oxygen atoms in total. The molecular weight excluding hydrogens is 270 g/mol. The molecule has 2 aromatic heterocycles. The molecule has 0 spiro atoms. The molecule has 2 heterocycles. The highest BCUT2D eigenvalue weighted by Crippen LogP contribution is 2.21. The highest BCUT2D eigenvalue weighted by molar-refractivity contribution is 5.78. The van der Waals surface area contributed by atoms with Crippen LogP contribution in [-0.2, 0) is 6.42 Å². The van der Waals surface area contributed by atoms with Gasteiger partial charge >= 0.3 is 0 Å². The Morgan fingerprint density at radius 3 is 2.76 bits per heavy atom. The molecule has 3 rings (SSSR count). The smallest absolute Gasteiger partial charge is 0.279 e. The minimum Gasteiger partial charge on any atom is -0.279 e. The van der Waals surface area contributed by atoms with E-state index in [1.54, 1.807) is 10.6 Å². The van der Waals surface area contributed by atoms with Gasteiger partial charge in [-0.1, -0.05) is 12.1 Å². The van der Waals surface area contributed by atoms with E-state index in [4.69, 9.17) is 5.26 Å². The first-order valence-electron chi connectivity index (χ1n) is 6.15. The Balaban J connectivity index is 2.20. The normalized spacial score (nSPS) is 10.4. The number of nitrogens with zero attached hydrogens (tertiary/aromatic N) is 5. The van der Waals surface area contributed by atoms with Crippen molar-refractivity contribution in [3.63, 3.8) is 0 Å². The van der Waals surface area contributed by atoms with Crippen molar-refractivity contribution in [2.75, 3.05) is 0 Å². The van der Waals surface area contributed by atoms with Crippen LogP contribution in [-0.4, -0.2) is 19.5 Å². The zero-order valence-electron chi connectivity index (χ0n) is 10.8. The summed E-state index contributed by atoms with van der Waals surface area (Å²) in [6.07, 6.45) is 1.33. The largest absolute Gasteiger partial charge is 0.287 e. The first-order chi connectivity index (χ1) is 10.2. The summed E-state index contributed by atoms with van der Waals surface area (Å²) < 4.78 is 1.74. The van der Waals surface area contributed by atoms with E-state index in [-0.39, 0.29) is 12.1 Å². The topological polar surface area (TPSA) is 97.6 Å². The second-order valence-electron chi connectivity index (χ2n) is 4.32. The van der Waals surface area contributed by atoms with Gasteiger partial charge in [0.2, 0.25) is 0 Å². The van der Waals surface area contributed by atoms with Gasteiger partial charge in [0.25, 0.3) is 5.69 Å². The number of fused-ring (bicyclic) bond motifs is 1. The molecule has 0 saturated carbocycles. The molecule has 0 unspecified atom stereocenters. The Hall–Kier alpha value is -3.27. The molecule has 0 atom stereocenters. The molecule has 3 aromatic rings. The maximum absolute atomic E-state index is 10.7. The van der Waals surface area contributed by atoms with E-state index in [0.29, 0.717) is 11.6 Å². The summed E-state index contributed by atoms with van der Waals surface area (Å²) in [4.78, 5) is 18.7. The van der Waals surface area contributed by atoms with Crippen LogP contribution in [0.2, 0.25) is 0 Å². The van der Waals surface area contributed by atoms with E-state index < -0.39 is 4.92 Å². The zero-order chi connectivity index (χ0) is 14.8. The Kier molecular flexibility index (Phi) is 3.04. The number of imidazole rings is 1. The van der Waals surface area contributed by atoms with Gasteiger partial charge in [0.05, 0.1) is 28.4 Å². The highest BCUT2D eigenvalue weighted by Gasteiger charge is 2.14. The maximum atomic E-state index is 10.7. The summed E-state index contributed by atoms with van der Waals surface area (Å²) >= 11 is 0. The van der Waals surface area contributed by atoms with Gasteiger partial charge < -0.3 is 0 Å². The lowest BCUT2D eigenvalue weighted by molar-refractivity contribution is -0.385. The maximum Gasteiger partial charge on any atom is 0.287 e. The van der Waals surface area contributed by atoms with Crippen LogP contribution in [0.5, 0.6) is 0 Å². The quantitative estimate of drug-likeness (QED) is 0.541. The average molecular weight is 279 g/mol. The third-order valence-corrected chi connectivity index (χ3v) is 3.04. The number of hydrogen-bond acceptors (Lipinski definition) is 5. The SMILES string of the molecule is N#CCc1nc2ccccc2n1-c1ccc([N+](=O)[O-])cn1. The van der Waals surface area contributed by atoms with Crippen molar-refractivity contribution in [1.29, 1.82) is 5.26 Å². The van der Waals surface area contributed by atoms with Gasteiger partial charge in [0.15, 0.2) is 0 Å². The first kappa shape index (κ1) is 12.7. The molecule has 0 N–H and O–H groups in total. The van der Waals surface area contributed by atoms with Gasteiger partial charge in [0, 0.05) is 6.07 Å². The average Bonchev–Trinajstić information content (AvgIpc) is 2.85. The molecule has 0 bridgehead atoms. The first-order valence-corrected chi connectivity index (χ1v) is 6.15. The molecular formula is C14H9N5O2. The molecule has 102 valence electrons. The number of hydrogen-bond donors (Lipinski definition) is 0. The molecule has 0 aliphatic carbocycles. The van der Waals surface area contributed by atoms with Crippen LogP contribution in [0, 0.1) is 21.4 Å². The van der Waals surface area contributed by atoms with Crippen molar-refractivity contribution in [1.82, 2.24) is 14.5 Å². The summed E-state index contributed by atoms with van der Waals surface area (Å²) in [5, 5.41) is 19.6. The summed E-state index contributed by atoms with van der Waals surface area (Å²) in [6, 6.07) is 12.4.